The molecule has 0 bridgehead atoms. The van der Waals surface area contributed by atoms with Crippen molar-refractivity contribution < 1.29 is 28.5 Å². The average Bonchev–Trinajstić information content (AvgIpc) is 3.23. The minimum absolute atomic E-state index is 0.0355. The van der Waals surface area contributed by atoms with Gasteiger partial charge < -0.3 is 23.8 Å². The lowest BCUT2D eigenvalue weighted by Gasteiger charge is -2.17. The van der Waals surface area contributed by atoms with Gasteiger partial charge in [-0.3, -0.25) is 9.59 Å². The van der Waals surface area contributed by atoms with Crippen LogP contribution in [-0.4, -0.2) is 57.4 Å². The highest BCUT2D eigenvalue weighted by atomic mass is 16.5. The first kappa shape index (κ1) is 56.2. The van der Waals surface area contributed by atoms with Crippen LogP contribution >= 0.6 is 0 Å². The molecular weight excluding hydrogens is 759 g/mol. The van der Waals surface area contributed by atoms with Crippen molar-refractivity contribution in [2.45, 2.75) is 226 Å². The zero-order valence-electron chi connectivity index (χ0n) is 40.5. The third kappa shape index (κ3) is 37.5. The van der Waals surface area contributed by atoms with Gasteiger partial charge in [0.2, 0.25) is 0 Å². The fourth-order valence-corrected chi connectivity index (χ4v) is 7.64. The smallest absolute Gasteiger partial charge is 0.306 e. The molecule has 1 aromatic carbocycles. The Bertz CT molecular complexity index is 1200. The maximum Gasteiger partial charge on any atom is 0.306 e. The van der Waals surface area contributed by atoms with Crippen molar-refractivity contribution in [1.82, 2.24) is 4.90 Å². The van der Waals surface area contributed by atoms with E-state index in [2.05, 4.69) is 76.2 Å². The van der Waals surface area contributed by atoms with E-state index in [0.717, 1.165) is 87.8 Å². The van der Waals surface area contributed by atoms with Gasteiger partial charge in [-0.05, 0) is 115 Å². The van der Waals surface area contributed by atoms with Crippen LogP contribution in [0.15, 0.2) is 42.5 Å². The number of ether oxygens (including phenoxy) is 4. The standard InChI is InChI=1S/C54H95NO6/c1-6-9-12-15-18-19-20-21-22-23-24-25-26-29-32-39-53(56)60-42-35-33-40-58-51-44-50(48-55(4)5)45-52(47-51)59-41-34-36-43-61-54(57)46-49(37-30-27-16-13-10-7-2)38-31-28-17-14-11-8-3/h18-19,21-22,44-45,47,49H,6-17,20,23-43,46,48H2,1-5H3/b19-18-,22-21-. The SMILES string of the molecule is CCCCC/C=C\C/C=C\CCCCCCCC(=O)OCCCCOc1cc(CN(C)C)cc(OCCCCOC(=O)CC(CCCCCCCC)CCCCCCCC)c1. The second kappa shape index (κ2) is 42.5. The van der Waals surface area contributed by atoms with E-state index in [1.54, 1.807) is 0 Å². The molecule has 0 aliphatic rings. The zero-order chi connectivity index (χ0) is 44.3. The maximum absolute atomic E-state index is 12.8. The van der Waals surface area contributed by atoms with Crippen molar-refractivity contribution in [3.8, 4) is 11.5 Å². The van der Waals surface area contributed by atoms with E-state index in [1.807, 2.05) is 6.07 Å². The van der Waals surface area contributed by atoms with Crippen LogP contribution in [0.1, 0.15) is 225 Å². The number of unbranched alkanes of at least 4 members (excludes halogenated alkanes) is 20. The molecule has 0 aromatic heterocycles. The Labute approximate surface area is 376 Å². The van der Waals surface area contributed by atoms with E-state index >= 15 is 0 Å². The van der Waals surface area contributed by atoms with Crippen LogP contribution < -0.4 is 9.47 Å². The highest BCUT2D eigenvalue weighted by Crippen LogP contribution is 2.25. The average molecular weight is 854 g/mol. The summed E-state index contributed by atoms with van der Waals surface area (Å²) >= 11 is 0. The molecule has 0 N–H and O–H groups in total. The number of rotatable bonds is 44. The Hall–Kier alpha value is -2.80. The summed E-state index contributed by atoms with van der Waals surface area (Å²) in [5.74, 6) is 1.91. The molecule has 0 radical (unpaired) electrons. The van der Waals surface area contributed by atoms with E-state index in [-0.39, 0.29) is 11.9 Å². The lowest BCUT2D eigenvalue weighted by Crippen LogP contribution is -2.13. The maximum atomic E-state index is 12.8. The first-order valence-electron chi connectivity index (χ1n) is 25.5. The van der Waals surface area contributed by atoms with Crippen LogP contribution in [0.3, 0.4) is 0 Å². The van der Waals surface area contributed by atoms with Crippen LogP contribution in [-0.2, 0) is 25.6 Å². The number of nitrogens with zero attached hydrogens (tertiary/aromatic N) is 1. The minimum Gasteiger partial charge on any atom is -0.493 e. The van der Waals surface area contributed by atoms with Gasteiger partial charge in [0.15, 0.2) is 0 Å². The monoisotopic (exact) mass is 854 g/mol. The molecule has 0 aliphatic heterocycles. The van der Waals surface area contributed by atoms with Crippen LogP contribution in [0, 0.1) is 5.92 Å². The molecule has 0 atom stereocenters. The molecule has 1 aromatic rings. The molecule has 1 rings (SSSR count). The second-order valence-electron chi connectivity index (χ2n) is 17.8. The predicted molar refractivity (Wildman–Crippen MR) is 259 cm³/mol. The first-order chi connectivity index (χ1) is 29.9. The summed E-state index contributed by atoms with van der Waals surface area (Å²) in [4.78, 5) is 27.2. The quantitative estimate of drug-likeness (QED) is 0.0368. The molecule has 7 nitrogen and oxygen atoms in total. The summed E-state index contributed by atoms with van der Waals surface area (Å²) < 4.78 is 23.5. The Balaban J connectivity index is 2.27. The predicted octanol–water partition coefficient (Wildman–Crippen LogP) is 15.5. The van der Waals surface area contributed by atoms with Gasteiger partial charge in [0, 0.05) is 25.5 Å². The van der Waals surface area contributed by atoms with E-state index < -0.39 is 0 Å². The van der Waals surface area contributed by atoms with Crippen molar-refractivity contribution in [2.24, 2.45) is 5.92 Å². The van der Waals surface area contributed by atoms with E-state index in [0.29, 0.717) is 45.2 Å². The molecule has 0 saturated carbocycles. The molecule has 0 heterocycles. The normalized spacial score (nSPS) is 11.7. The molecule has 0 amide bonds. The lowest BCUT2D eigenvalue weighted by atomic mass is 9.91. The van der Waals surface area contributed by atoms with Gasteiger partial charge in [-0.2, -0.15) is 0 Å². The minimum atomic E-state index is -0.0887. The second-order valence-corrected chi connectivity index (χ2v) is 17.8. The molecule has 352 valence electrons. The van der Waals surface area contributed by atoms with Gasteiger partial charge in [-0.25, -0.2) is 0 Å². The summed E-state index contributed by atoms with van der Waals surface area (Å²) in [6.45, 7) is 9.55. The fraction of sp³-hybridized carbons (Fsp3) is 0.778. The van der Waals surface area contributed by atoms with Crippen molar-refractivity contribution in [1.29, 1.82) is 0 Å². The molecular formula is C54H95NO6. The highest BCUT2D eigenvalue weighted by Gasteiger charge is 2.15. The van der Waals surface area contributed by atoms with Crippen molar-refractivity contribution >= 4 is 11.9 Å². The fourth-order valence-electron chi connectivity index (χ4n) is 7.64. The summed E-state index contributed by atoms with van der Waals surface area (Å²) in [7, 11) is 4.11. The largest absolute Gasteiger partial charge is 0.493 e. The van der Waals surface area contributed by atoms with E-state index in [4.69, 9.17) is 18.9 Å². The van der Waals surface area contributed by atoms with Gasteiger partial charge in [-0.15, -0.1) is 0 Å². The third-order valence-corrected chi connectivity index (χ3v) is 11.3. The Kier molecular flexibility index (Phi) is 39.2. The summed E-state index contributed by atoms with van der Waals surface area (Å²) in [6.07, 6.45) is 44.2. The third-order valence-electron chi connectivity index (χ3n) is 11.3. The molecule has 0 aliphatic carbocycles. The zero-order valence-corrected chi connectivity index (χ0v) is 40.5. The highest BCUT2D eigenvalue weighted by molar-refractivity contribution is 5.69. The van der Waals surface area contributed by atoms with Gasteiger partial charge in [0.25, 0.3) is 0 Å². The molecule has 0 spiro atoms. The van der Waals surface area contributed by atoms with Crippen molar-refractivity contribution in [2.75, 3.05) is 40.5 Å². The van der Waals surface area contributed by atoms with Crippen LogP contribution in [0.25, 0.3) is 0 Å². The molecule has 0 unspecified atom stereocenters. The van der Waals surface area contributed by atoms with Crippen molar-refractivity contribution in [3.63, 3.8) is 0 Å². The number of benzene rings is 1. The van der Waals surface area contributed by atoms with Crippen molar-refractivity contribution in [3.05, 3.63) is 48.1 Å². The summed E-state index contributed by atoms with van der Waals surface area (Å²) in [5, 5.41) is 0. The van der Waals surface area contributed by atoms with Gasteiger partial charge in [0.1, 0.15) is 11.5 Å². The first-order valence-corrected chi connectivity index (χ1v) is 25.5. The van der Waals surface area contributed by atoms with Gasteiger partial charge in [-0.1, -0.05) is 154 Å². The number of carbonyl (C=O) groups excluding carboxylic acids is 2. The lowest BCUT2D eigenvalue weighted by molar-refractivity contribution is -0.145. The number of allylic oxidation sites excluding steroid dienone is 4. The van der Waals surface area contributed by atoms with Gasteiger partial charge in [0.05, 0.1) is 26.4 Å². The number of esters is 2. The van der Waals surface area contributed by atoms with Crippen LogP contribution in [0.4, 0.5) is 0 Å². The number of hydrogen-bond donors (Lipinski definition) is 0. The van der Waals surface area contributed by atoms with E-state index in [1.165, 1.54) is 122 Å². The van der Waals surface area contributed by atoms with Crippen LogP contribution in [0.2, 0.25) is 0 Å². The van der Waals surface area contributed by atoms with E-state index in [9.17, 15) is 9.59 Å². The van der Waals surface area contributed by atoms with Gasteiger partial charge >= 0.3 is 11.9 Å². The molecule has 0 fully saturated rings. The summed E-state index contributed by atoms with van der Waals surface area (Å²) in [5.41, 5.74) is 1.13. The molecule has 7 heteroatoms. The Morgan fingerprint density at radius 3 is 1.49 bits per heavy atom. The topological polar surface area (TPSA) is 74.3 Å². The number of carbonyl (C=O) groups is 2. The molecule has 0 saturated heterocycles. The Morgan fingerprint density at radius 1 is 0.508 bits per heavy atom. The summed E-state index contributed by atoms with van der Waals surface area (Å²) in [6, 6.07) is 6.11. The van der Waals surface area contributed by atoms with Crippen LogP contribution in [0.5, 0.6) is 11.5 Å². The number of hydrogen-bond acceptors (Lipinski definition) is 7. The Morgan fingerprint density at radius 2 is 0.951 bits per heavy atom. The molecule has 61 heavy (non-hydrogen) atoms.